The third-order valence-corrected chi connectivity index (χ3v) is 8.88. The smallest absolute Gasteiger partial charge is 0.410 e. The molecular weight excluding hydrogens is 453 g/mol. The molecule has 1 aromatic heterocycles. The van der Waals surface area contributed by atoms with E-state index in [1.807, 2.05) is 6.92 Å². The number of likely N-dealkylation sites (tertiary alicyclic amines) is 1. The minimum absolute atomic E-state index is 0.00687. The second kappa shape index (κ2) is 9.05. The number of carbonyl (C=O) groups is 1. The molecule has 0 radical (unpaired) electrons. The highest BCUT2D eigenvalue weighted by atomic mass is 32.2. The maximum absolute atomic E-state index is 13.2. The topological polar surface area (TPSA) is 114 Å². The lowest BCUT2D eigenvalue weighted by atomic mass is 9.86. The van der Waals surface area contributed by atoms with Crippen LogP contribution in [0.2, 0.25) is 0 Å². The Morgan fingerprint density at radius 3 is 2.64 bits per heavy atom. The number of aromatic nitrogens is 2. The Morgan fingerprint density at radius 2 is 2.03 bits per heavy atom. The van der Waals surface area contributed by atoms with Crippen molar-refractivity contribution in [1.82, 2.24) is 23.9 Å². The van der Waals surface area contributed by atoms with E-state index in [1.165, 1.54) is 33.6 Å². The molecule has 2 saturated carbocycles. The van der Waals surface area contributed by atoms with Gasteiger partial charge in [0, 0.05) is 31.6 Å². The highest BCUT2D eigenvalue weighted by Gasteiger charge is 2.60. The van der Waals surface area contributed by atoms with Gasteiger partial charge in [-0.1, -0.05) is 0 Å². The lowest BCUT2D eigenvalue weighted by Gasteiger charge is -2.33. The number of hydrogen-bond acceptors (Lipinski definition) is 7. The molecule has 2 heterocycles. The average molecular weight is 486 g/mol. The van der Waals surface area contributed by atoms with Gasteiger partial charge in [-0.2, -0.15) is 17.4 Å². The van der Waals surface area contributed by atoms with E-state index >= 15 is 0 Å². The van der Waals surface area contributed by atoms with Crippen LogP contribution in [0.3, 0.4) is 0 Å². The molecule has 1 saturated heterocycles. The molecule has 3 aliphatic rings. The highest BCUT2D eigenvalue weighted by Crippen LogP contribution is 2.61. The van der Waals surface area contributed by atoms with Gasteiger partial charge in [0.05, 0.1) is 38.3 Å². The van der Waals surface area contributed by atoms with E-state index in [9.17, 15) is 17.6 Å². The number of rotatable bonds is 7. The van der Waals surface area contributed by atoms with Crippen LogP contribution in [0.5, 0.6) is 0 Å². The van der Waals surface area contributed by atoms with Crippen molar-refractivity contribution >= 4 is 16.3 Å². The Hall–Kier alpha value is -1.89. The fourth-order valence-electron chi connectivity index (χ4n) is 5.39. The lowest BCUT2D eigenvalue weighted by molar-refractivity contribution is -0.0103. The second-order valence-corrected chi connectivity index (χ2v) is 11.5. The molecule has 0 bridgehead atoms. The molecule has 1 aliphatic heterocycles. The van der Waals surface area contributed by atoms with Gasteiger partial charge in [0.2, 0.25) is 0 Å². The van der Waals surface area contributed by atoms with Gasteiger partial charge in [-0.05, 0) is 44.9 Å². The fourth-order valence-corrected chi connectivity index (χ4v) is 6.24. The first-order valence-electron chi connectivity index (χ1n) is 11.2. The van der Waals surface area contributed by atoms with Crippen LogP contribution in [0.25, 0.3) is 0 Å². The Bertz CT molecular complexity index is 978. The molecule has 12 heteroatoms. The Labute approximate surface area is 194 Å². The summed E-state index contributed by atoms with van der Waals surface area (Å²) in [6.45, 7) is 2.08. The van der Waals surface area contributed by atoms with E-state index < -0.39 is 34.2 Å². The zero-order valence-electron chi connectivity index (χ0n) is 19.4. The number of nitrogens with one attached hydrogen (secondary N) is 1. The predicted molar refractivity (Wildman–Crippen MR) is 117 cm³/mol. The van der Waals surface area contributed by atoms with Crippen molar-refractivity contribution in [1.29, 1.82) is 0 Å². The second-order valence-electron chi connectivity index (χ2n) is 9.55. The molecule has 0 spiro atoms. The first-order valence-corrected chi connectivity index (χ1v) is 12.7. The summed E-state index contributed by atoms with van der Waals surface area (Å²) in [4.78, 5) is 22.4. The molecule has 6 atom stereocenters. The number of carbonyl (C=O) groups excluding carboxylic acids is 1. The Kier molecular flexibility index (Phi) is 6.64. The number of halogens is 1. The van der Waals surface area contributed by atoms with Gasteiger partial charge < -0.3 is 9.47 Å². The minimum Gasteiger partial charge on any atom is -0.453 e. The summed E-state index contributed by atoms with van der Waals surface area (Å²) in [5.41, 5.74) is -0.0859. The van der Waals surface area contributed by atoms with Crippen molar-refractivity contribution in [2.24, 2.45) is 5.92 Å². The van der Waals surface area contributed by atoms with E-state index in [-0.39, 0.29) is 24.2 Å². The van der Waals surface area contributed by atoms with Gasteiger partial charge in [-0.3, -0.25) is 4.90 Å². The molecule has 4 rings (SSSR count). The van der Waals surface area contributed by atoms with Gasteiger partial charge in [-0.25, -0.2) is 19.2 Å². The normalized spacial score (nSPS) is 33.8. The number of ether oxygens (including phenoxy) is 2. The van der Waals surface area contributed by atoms with Gasteiger partial charge in [0.15, 0.2) is 5.82 Å². The first kappa shape index (κ1) is 24.2. The number of methoxy groups -OCH3 is 1. The van der Waals surface area contributed by atoms with E-state index in [4.69, 9.17) is 9.47 Å². The van der Waals surface area contributed by atoms with Crippen LogP contribution >= 0.6 is 0 Å². The van der Waals surface area contributed by atoms with Crippen molar-refractivity contribution in [3.63, 3.8) is 0 Å². The summed E-state index contributed by atoms with van der Waals surface area (Å²) in [6, 6.07) is -1.16. The molecule has 0 unspecified atom stereocenters. The highest BCUT2D eigenvalue weighted by molar-refractivity contribution is 7.87. The summed E-state index contributed by atoms with van der Waals surface area (Å²) in [5.74, 6) is 0.640. The van der Waals surface area contributed by atoms with Gasteiger partial charge in [-0.15, -0.1) is 0 Å². The van der Waals surface area contributed by atoms with Crippen molar-refractivity contribution < 1.29 is 27.1 Å². The molecule has 33 heavy (non-hydrogen) atoms. The number of amides is 1. The van der Waals surface area contributed by atoms with Crippen molar-refractivity contribution in [3.05, 3.63) is 24.0 Å². The third-order valence-electron chi connectivity index (χ3n) is 7.32. The molecule has 1 amide bonds. The average Bonchev–Trinajstić information content (AvgIpc) is 3.42. The van der Waals surface area contributed by atoms with Crippen LogP contribution in [-0.2, 0) is 25.1 Å². The molecule has 1 N–H and O–H groups in total. The fraction of sp³-hybridized carbons (Fsp3) is 0.762. The van der Waals surface area contributed by atoms with Crippen LogP contribution in [0.1, 0.15) is 44.9 Å². The Morgan fingerprint density at radius 1 is 1.33 bits per heavy atom. The summed E-state index contributed by atoms with van der Waals surface area (Å²) >= 11 is 0. The van der Waals surface area contributed by atoms with Crippen LogP contribution in [0, 0.1) is 11.7 Å². The number of fused-ring (bicyclic) bond motifs is 1. The van der Waals surface area contributed by atoms with Gasteiger partial charge in [0.25, 0.3) is 10.2 Å². The minimum atomic E-state index is -3.67. The largest absolute Gasteiger partial charge is 0.453 e. The molecule has 0 aromatic carbocycles. The molecule has 3 fully saturated rings. The van der Waals surface area contributed by atoms with E-state index in [1.54, 1.807) is 4.90 Å². The SMILES string of the molecule is COC(=O)N1[C@H](C)C[C@H](NS(=O)(=O)N(C)C)[C@@H]1CO[C@@H]1CC[C@]2(c3ncc(F)cn3)C[C@@H]2C1. The van der Waals surface area contributed by atoms with Crippen molar-refractivity contribution in [2.45, 2.75) is 68.7 Å². The maximum atomic E-state index is 13.2. The van der Waals surface area contributed by atoms with E-state index in [2.05, 4.69) is 14.7 Å². The molecular formula is C21H32FN5O5S. The molecule has 1 aromatic rings. The monoisotopic (exact) mass is 485 g/mol. The van der Waals surface area contributed by atoms with Crippen LogP contribution < -0.4 is 4.72 Å². The van der Waals surface area contributed by atoms with Crippen LogP contribution in [0.4, 0.5) is 9.18 Å². The van der Waals surface area contributed by atoms with Gasteiger partial charge in [0.1, 0.15) is 5.82 Å². The summed E-state index contributed by atoms with van der Waals surface area (Å²) in [5, 5.41) is 0. The quantitative estimate of drug-likeness (QED) is 0.622. The van der Waals surface area contributed by atoms with E-state index in [0.29, 0.717) is 18.2 Å². The zero-order valence-corrected chi connectivity index (χ0v) is 20.2. The third kappa shape index (κ3) is 4.71. The Balaban J connectivity index is 1.41. The van der Waals surface area contributed by atoms with Crippen LogP contribution in [0.15, 0.2) is 12.4 Å². The number of nitrogens with zero attached hydrogens (tertiary/aromatic N) is 4. The lowest BCUT2D eigenvalue weighted by Crippen LogP contribution is -2.52. The maximum Gasteiger partial charge on any atom is 0.410 e. The van der Waals surface area contributed by atoms with Gasteiger partial charge >= 0.3 is 6.09 Å². The van der Waals surface area contributed by atoms with Crippen molar-refractivity contribution in [3.8, 4) is 0 Å². The van der Waals surface area contributed by atoms with Crippen molar-refractivity contribution in [2.75, 3.05) is 27.8 Å². The molecule has 184 valence electrons. The standard InChI is InChI=1S/C21H32FN5O5S/c1-13-7-17(25-33(29,30)26(2)3)18(27(13)20(28)31-4)12-32-16-5-6-21(9-14(21)8-16)19-23-10-15(22)11-24-19/h10-11,13-14,16-18,25H,5-9,12H2,1-4H3/t13-,14+,16-,17+,18+,21+/m1/s1. The molecule has 10 nitrogen and oxygen atoms in total. The van der Waals surface area contributed by atoms with Crippen LogP contribution in [-0.4, -0.2) is 85.7 Å². The summed E-state index contributed by atoms with van der Waals surface area (Å²) in [7, 11) is 0.557. The predicted octanol–water partition coefficient (Wildman–Crippen LogP) is 1.44. The number of hydrogen-bond donors (Lipinski definition) is 1. The first-order chi connectivity index (χ1) is 15.6. The summed E-state index contributed by atoms with van der Waals surface area (Å²) < 4.78 is 53.1. The summed E-state index contributed by atoms with van der Waals surface area (Å²) in [6.07, 6.45) is 5.83. The van der Waals surface area contributed by atoms with E-state index in [0.717, 1.165) is 30.0 Å². The zero-order chi connectivity index (χ0) is 24.0. The molecule has 2 aliphatic carbocycles.